The van der Waals surface area contributed by atoms with E-state index in [0.717, 1.165) is 66.4 Å². The van der Waals surface area contributed by atoms with Crippen molar-refractivity contribution >= 4 is 47.4 Å². The van der Waals surface area contributed by atoms with Crippen molar-refractivity contribution in [2.24, 2.45) is 5.14 Å². The average molecular weight is 569 g/mol. The summed E-state index contributed by atoms with van der Waals surface area (Å²) in [4.78, 5) is 15.7. The van der Waals surface area contributed by atoms with Gasteiger partial charge in [0.2, 0.25) is 20.0 Å². The lowest BCUT2D eigenvalue weighted by atomic mass is 10.2. The first-order valence-electron chi connectivity index (χ1n) is 11.8. The Morgan fingerprint density at radius 1 is 0.946 bits per heavy atom. The Bertz CT molecular complexity index is 1410. The third kappa shape index (κ3) is 7.89. The van der Waals surface area contributed by atoms with Gasteiger partial charge in [-0.2, -0.15) is 4.31 Å². The summed E-state index contributed by atoms with van der Waals surface area (Å²) >= 11 is 1.74. The molecule has 2 saturated heterocycles. The normalized spacial score (nSPS) is 18.0. The number of piperazine rings is 1. The number of rotatable bonds is 5. The summed E-state index contributed by atoms with van der Waals surface area (Å²) in [6, 6.07) is 12.3. The van der Waals surface area contributed by atoms with Crippen LogP contribution in [-0.4, -0.2) is 101 Å². The number of aromatic nitrogens is 2. The van der Waals surface area contributed by atoms with Crippen molar-refractivity contribution in [1.29, 1.82) is 0 Å². The SMILES string of the molecule is CS(=O)(=O)N1CCN(Cc2cc3nc(-c4ccccc4)nc(N4CCOCC4)c3s2)CC1.CS(N)(=O)=O. The van der Waals surface area contributed by atoms with Crippen LogP contribution in [0.2, 0.25) is 0 Å². The van der Waals surface area contributed by atoms with E-state index in [1.165, 1.54) is 11.1 Å². The molecule has 2 aliphatic rings. The van der Waals surface area contributed by atoms with Gasteiger partial charge in [-0.05, 0) is 6.07 Å². The average Bonchev–Trinajstić information content (AvgIpc) is 3.25. The molecule has 2 aliphatic heterocycles. The molecule has 202 valence electrons. The van der Waals surface area contributed by atoms with Crippen LogP contribution in [0.5, 0.6) is 0 Å². The van der Waals surface area contributed by atoms with Crippen LogP contribution in [0.15, 0.2) is 36.4 Å². The first-order chi connectivity index (χ1) is 17.5. The van der Waals surface area contributed by atoms with Gasteiger partial charge in [0.15, 0.2) is 11.6 Å². The van der Waals surface area contributed by atoms with Gasteiger partial charge in [0, 0.05) is 56.3 Å². The fraction of sp³-hybridized carbons (Fsp3) is 0.478. The molecule has 14 heteroatoms. The molecule has 3 aromatic rings. The lowest BCUT2D eigenvalue weighted by Gasteiger charge is -2.32. The predicted molar refractivity (Wildman–Crippen MR) is 147 cm³/mol. The topological polar surface area (TPSA) is 139 Å². The minimum Gasteiger partial charge on any atom is -0.378 e. The molecule has 0 radical (unpaired) electrons. The molecular weight excluding hydrogens is 536 g/mol. The Labute approximate surface area is 222 Å². The number of morpholine rings is 1. The number of thiophene rings is 1. The molecule has 0 atom stereocenters. The molecule has 0 saturated carbocycles. The monoisotopic (exact) mass is 568 g/mol. The van der Waals surface area contributed by atoms with Crippen LogP contribution in [-0.2, 0) is 31.3 Å². The summed E-state index contributed by atoms with van der Waals surface area (Å²) in [6.45, 7) is 6.40. The van der Waals surface area contributed by atoms with Crippen molar-refractivity contribution in [3.8, 4) is 11.4 Å². The first-order valence-corrected chi connectivity index (χ1v) is 16.4. The van der Waals surface area contributed by atoms with Gasteiger partial charge >= 0.3 is 0 Å². The molecule has 2 aromatic heterocycles. The van der Waals surface area contributed by atoms with E-state index in [0.29, 0.717) is 26.3 Å². The van der Waals surface area contributed by atoms with Crippen LogP contribution in [0.25, 0.3) is 21.6 Å². The second kappa shape index (κ2) is 11.7. The largest absolute Gasteiger partial charge is 0.378 e. The summed E-state index contributed by atoms with van der Waals surface area (Å²) in [5.41, 5.74) is 1.98. The quantitative estimate of drug-likeness (QED) is 0.481. The van der Waals surface area contributed by atoms with Gasteiger partial charge in [-0.1, -0.05) is 30.3 Å². The molecule has 4 heterocycles. The van der Waals surface area contributed by atoms with Crippen LogP contribution in [0, 0.1) is 0 Å². The number of primary sulfonamides is 1. The van der Waals surface area contributed by atoms with Gasteiger partial charge in [0.1, 0.15) is 0 Å². The van der Waals surface area contributed by atoms with Gasteiger partial charge in [-0.25, -0.2) is 31.9 Å². The van der Waals surface area contributed by atoms with Gasteiger partial charge in [-0.15, -0.1) is 11.3 Å². The summed E-state index contributed by atoms with van der Waals surface area (Å²) in [7, 11) is -6.28. The number of hydrogen-bond donors (Lipinski definition) is 1. The van der Waals surface area contributed by atoms with Crippen LogP contribution in [0.1, 0.15) is 4.88 Å². The Hall–Kier alpha value is -2.20. The van der Waals surface area contributed by atoms with Gasteiger partial charge < -0.3 is 9.64 Å². The predicted octanol–water partition coefficient (Wildman–Crippen LogP) is 1.18. The number of fused-ring (bicyclic) bond motifs is 1. The summed E-state index contributed by atoms with van der Waals surface area (Å²) in [6.07, 6.45) is 2.22. The van der Waals surface area contributed by atoms with Crippen molar-refractivity contribution < 1.29 is 21.6 Å². The molecule has 2 fully saturated rings. The van der Waals surface area contributed by atoms with Gasteiger partial charge in [0.25, 0.3) is 0 Å². The molecule has 1 aromatic carbocycles. The highest BCUT2D eigenvalue weighted by molar-refractivity contribution is 7.88. The van der Waals surface area contributed by atoms with Crippen molar-refractivity contribution in [2.45, 2.75) is 6.54 Å². The summed E-state index contributed by atoms with van der Waals surface area (Å²) in [5, 5.41) is 4.33. The second-order valence-corrected chi connectivity index (χ2v) is 13.8. The second-order valence-electron chi connectivity index (χ2n) is 9.03. The highest BCUT2D eigenvalue weighted by atomic mass is 32.2. The number of nitrogens with zero attached hydrogens (tertiary/aromatic N) is 5. The van der Waals surface area contributed by atoms with Crippen molar-refractivity contribution in [3.05, 3.63) is 41.3 Å². The molecule has 0 spiro atoms. The van der Waals surface area contributed by atoms with Crippen molar-refractivity contribution in [2.75, 3.05) is 69.9 Å². The Kier molecular flexibility index (Phi) is 8.78. The molecule has 0 unspecified atom stereocenters. The zero-order chi connectivity index (χ0) is 26.6. The van der Waals surface area contributed by atoms with Crippen LogP contribution < -0.4 is 10.0 Å². The third-order valence-electron chi connectivity index (χ3n) is 5.93. The van der Waals surface area contributed by atoms with E-state index in [4.69, 9.17) is 14.7 Å². The van der Waals surface area contributed by atoms with Crippen LogP contribution in [0.3, 0.4) is 0 Å². The molecule has 5 rings (SSSR count). The fourth-order valence-electron chi connectivity index (χ4n) is 4.19. The number of nitrogens with two attached hydrogens (primary N) is 1. The number of benzene rings is 1. The fourth-order valence-corrected chi connectivity index (χ4v) is 6.17. The lowest BCUT2D eigenvalue weighted by molar-refractivity contribution is 0.122. The van der Waals surface area contributed by atoms with Crippen LogP contribution in [0.4, 0.5) is 5.82 Å². The Morgan fingerprint density at radius 3 is 2.16 bits per heavy atom. The van der Waals surface area contributed by atoms with Crippen molar-refractivity contribution in [3.63, 3.8) is 0 Å². The molecule has 2 N–H and O–H groups in total. The zero-order valence-corrected chi connectivity index (χ0v) is 23.4. The van der Waals surface area contributed by atoms with E-state index in [1.54, 1.807) is 15.6 Å². The maximum Gasteiger partial charge on any atom is 0.211 e. The van der Waals surface area contributed by atoms with Crippen LogP contribution >= 0.6 is 11.3 Å². The van der Waals surface area contributed by atoms with E-state index in [2.05, 4.69) is 21.0 Å². The minimum atomic E-state index is -3.17. The maximum atomic E-state index is 11.8. The van der Waals surface area contributed by atoms with E-state index in [1.807, 2.05) is 30.3 Å². The molecular formula is C23H32N6O5S3. The van der Waals surface area contributed by atoms with Gasteiger partial charge in [0.05, 0.1) is 35.9 Å². The number of hydrogen-bond acceptors (Lipinski definition) is 10. The van der Waals surface area contributed by atoms with E-state index < -0.39 is 20.0 Å². The maximum absolute atomic E-state index is 11.8. The minimum absolute atomic E-state index is 0.542. The number of anilines is 1. The molecule has 11 nitrogen and oxygen atoms in total. The van der Waals surface area contributed by atoms with E-state index in [-0.39, 0.29) is 0 Å². The smallest absolute Gasteiger partial charge is 0.211 e. The molecule has 0 bridgehead atoms. The molecule has 0 amide bonds. The number of ether oxygens (including phenoxy) is 1. The summed E-state index contributed by atoms with van der Waals surface area (Å²) < 4.78 is 50.6. The van der Waals surface area contributed by atoms with Crippen molar-refractivity contribution in [1.82, 2.24) is 19.2 Å². The standard InChI is InChI=1S/C22H27N5O3S2.CH5NO2S/c1-32(28,29)27-9-7-25(8-10-27)16-18-15-19-20(31-18)22(26-11-13-30-14-12-26)24-21(23-19)17-5-3-2-4-6-17;1-5(2,3)4/h2-6,15H,7-14,16H2,1H3;1H3,(H2,2,3,4). The summed E-state index contributed by atoms with van der Waals surface area (Å²) in [5.74, 6) is 1.72. The molecule has 37 heavy (non-hydrogen) atoms. The first kappa shape index (κ1) is 27.8. The molecule has 0 aliphatic carbocycles. The zero-order valence-electron chi connectivity index (χ0n) is 20.9. The Balaban J connectivity index is 0.000000586. The van der Waals surface area contributed by atoms with E-state index in [9.17, 15) is 16.8 Å². The highest BCUT2D eigenvalue weighted by Crippen LogP contribution is 2.35. The lowest BCUT2D eigenvalue weighted by Crippen LogP contribution is -2.47. The van der Waals surface area contributed by atoms with E-state index >= 15 is 0 Å². The Morgan fingerprint density at radius 2 is 1.57 bits per heavy atom. The van der Waals surface area contributed by atoms with Gasteiger partial charge in [-0.3, -0.25) is 4.90 Å². The third-order valence-corrected chi connectivity index (χ3v) is 8.34. The number of sulfonamides is 2. The highest BCUT2D eigenvalue weighted by Gasteiger charge is 2.25.